The van der Waals surface area contributed by atoms with Crippen molar-refractivity contribution >= 4 is 11.8 Å². The molecule has 1 heterocycles. The number of nitro groups is 1. The smallest absolute Gasteiger partial charge is 0.260 e. The third-order valence-corrected chi connectivity index (χ3v) is 3.89. The van der Waals surface area contributed by atoms with Gasteiger partial charge in [-0.2, -0.15) is 0 Å². The molecule has 0 bridgehead atoms. The Kier molecular flexibility index (Phi) is 4.06. The first-order valence-electron chi connectivity index (χ1n) is 6.99. The molecule has 6 nitrogen and oxygen atoms in total. The van der Waals surface area contributed by atoms with E-state index in [0.717, 1.165) is 11.3 Å². The molecule has 2 rings (SSSR count). The number of fused-ring (bicyclic) bond motifs is 1. The van der Waals surface area contributed by atoms with E-state index < -0.39 is 22.8 Å². The lowest BCUT2D eigenvalue weighted by molar-refractivity contribution is -0.487. The summed E-state index contributed by atoms with van der Waals surface area (Å²) in [5.41, 5.74) is -0.455. The highest BCUT2D eigenvalue weighted by atomic mass is 16.6. The number of rotatable bonds is 5. The van der Waals surface area contributed by atoms with Crippen molar-refractivity contribution in [3.05, 3.63) is 45.5 Å². The zero-order valence-corrected chi connectivity index (χ0v) is 12.2. The maximum absolute atomic E-state index is 12.7. The maximum atomic E-state index is 12.7. The van der Waals surface area contributed by atoms with Gasteiger partial charge in [-0.1, -0.05) is 31.5 Å². The van der Waals surface area contributed by atoms with Crippen LogP contribution in [0.3, 0.4) is 0 Å². The van der Waals surface area contributed by atoms with Gasteiger partial charge in [-0.25, -0.2) is 0 Å². The number of carbonyl (C=O) groups is 2. The molecule has 112 valence electrons. The molecule has 1 unspecified atom stereocenters. The normalized spacial score (nSPS) is 21.3. The van der Waals surface area contributed by atoms with Crippen LogP contribution in [-0.4, -0.2) is 34.7 Å². The van der Waals surface area contributed by atoms with Crippen LogP contribution >= 0.6 is 0 Å². The molecular weight excluding hydrogens is 272 g/mol. The van der Waals surface area contributed by atoms with Crippen LogP contribution in [0, 0.1) is 10.1 Å². The van der Waals surface area contributed by atoms with Crippen molar-refractivity contribution < 1.29 is 14.5 Å². The quantitative estimate of drug-likeness (QED) is 0.472. The molecule has 1 atom stereocenters. The standard InChI is InChI=1S/C15H18N2O4/c1-3-4-9-16-13(18)11-7-5-6-8-12(11)15(2,14(16)19)10-17(20)21/h5-8H,3-4,9-10H2,1-2H3. The van der Waals surface area contributed by atoms with E-state index in [2.05, 4.69) is 0 Å². The number of carbonyl (C=O) groups excluding carboxylic acids is 2. The fourth-order valence-electron chi connectivity index (χ4n) is 2.73. The molecule has 0 saturated heterocycles. The third kappa shape index (κ3) is 2.53. The van der Waals surface area contributed by atoms with Crippen LogP contribution in [0.1, 0.15) is 42.6 Å². The van der Waals surface area contributed by atoms with Gasteiger partial charge in [-0.05, 0) is 25.0 Å². The summed E-state index contributed by atoms with van der Waals surface area (Å²) >= 11 is 0. The first-order chi connectivity index (χ1) is 9.91. The molecular formula is C15H18N2O4. The zero-order valence-electron chi connectivity index (χ0n) is 12.2. The second kappa shape index (κ2) is 5.63. The minimum Gasteiger partial charge on any atom is -0.278 e. The predicted molar refractivity (Wildman–Crippen MR) is 76.6 cm³/mol. The van der Waals surface area contributed by atoms with Crippen LogP contribution in [0.15, 0.2) is 24.3 Å². The summed E-state index contributed by atoms with van der Waals surface area (Å²) < 4.78 is 0. The topological polar surface area (TPSA) is 80.5 Å². The van der Waals surface area contributed by atoms with Gasteiger partial charge in [0.2, 0.25) is 12.5 Å². The molecule has 0 fully saturated rings. The predicted octanol–water partition coefficient (Wildman–Crippen LogP) is 2.00. The molecule has 1 aromatic carbocycles. The summed E-state index contributed by atoms with van der Waals surface area (Å²) in [4.78, 5) is 36.7. The van der Waals surface area contributed by atoms with Crippen molar-refractivity contribution in [2.75, 3.05) is 13.1 Å². The fraction of sp³-hybridized carbons (Fsp3) is 0.467. The maximum Gasteiger partial charge on any atom is 0.260 e. The molecule has 1 aliphatic rings. The molecule has 1 aliphatic heterocycles. The minimum atomic E-state index is -1.29. The Morgan fingerprint density at radius 3 is 2.57 bits per heavy atom. The number of unbranched alkanes of at least 4 members (excludes halogenated alkanes) is 1. The average molecular weight is 290 g/mol. The van der Waals surface area contributed by atoms with Crippen molar-refractivity contribution in [3.63, 3.8) is 0 Å². The van der Waals surface area contributed by atoms with E-state index >= 15 is 0 Å². The Balaban J connectivity index is 2.53. The molecule has 6 heteroatoms. The molecule has 0 aliphatic carbocycles. The summed E-state index contributed by atoms with van der Waals surface area (Å²) in [6, 6.07) is 6.66. The largest absolute Gasteiger partial charge is 0.278 e. The summed E-state index contributed by atoms with van der Waals surface area (Å²) in [6.07, 6.45) is 1.53. The number of amides is 2. The van der Waals surface area contributed by atoms with Gasteiger partial charge in [0.25, 0.3) is 5.91 Å². The molecule has 2 amide bonds. The number of benzene rings is 1. The van der Waals surface area contributed by atoms with Crippen LogP contribution in [0.5, 0.6) is 0 Å². The molecule has 0 aromatic heterocycles. The van der Waals surface area contributed by atoms with Gasteiger partial charge < -0.3 is 0 Å². The highest BCUT2D eigenvalue weighted by molar-refractivity contribution is 6.13. The molecule has 0 saturated carbocycles. The minimum absolute atomic E-state index is 0.301. The van der Waals surface area contributed by atoms with Crippen molar-refractivity contribution in [2.24, 2.45) is 0 Å². The lowest BCUT2D eigenvalue weighted by atomic mass is 9.75. The van der Waals surface area contributed by atoms with Crippen LogP contribution in [0.4, 0.5) is 0 Å². The van der Waals surface area contributed by atoms with E-state index in [0.29, 0.717) is 24.1 Å². The van der Waals surface area contributed by atoms with Crippen molar-refractivity contribution in [3.8, 4) is 0 Å². The Bertz CT molecular complexity index is 599. The van der Waals surface area contributed by atoms with Gasteiger partial charge in [0, 0.05) is 17.0 Å². The van der Waals surface area contributed by atoms with E-state index in [9.17, 15) is 19.7 Å². The van der Waals surface area contributed by atoms with Crippen LogP contribution in [0.2, 0.25) is 0 Å². The Labute approximate surface area is 122 Å². The second-order valence-corrected chi connectivity index (χ2v) is 5.48. The molecule has 21 heavy (non-hydrogen) atoms. The summed E-state index contributed by atoms with van der Waals surface area (Å²) in [6.45, 7) is 3.29. The van der Waals surface area contributed by atoms with E-state index in [1.54, 1.807) is 31.2 Å². The fourth-order valence-corrected chi connectivity index (χ4v) is 2.73. The van der Waals surface area contributed by atoms with Crippen LogP contribution in [0.25, 0.3) is 0 Å². The summed E-state index contributed by atoms with van der Waals surface area (Å²) in [7, 11) is 0. The average Bonchev–Trinajstić information content (AvgIpc) is 2.45. The van der Waals surface area contributed by atoms with E-state index in [1.165, 1.54) is 0 Å². The monoisotopic (exact) mass is 290 g/mol. The van der Waals surface area contributed by atoms with E-state index in [-0.39, 0.29) is 5.91 Å². The molecule has 0 radical (unpaired) electrons. The highest BCUT2D eigenvalue weighted by Crippen LogP contribution is 2.35. The summed E-state index contributed by atoms with van der Waals surface area (Å²) in [5, 5.41) is 11.0. The summed E-state index contributed by atoms with van der Waals surface area (Å²) in [5.74, 6) is -0.832. The molecule has 0 N–H and O–H groups in total. The zero-order chi connectivity index (χ0) is 15.6. The number of hydrogen-bond donors (Lipinski definition) is 0. The van der Waals surface area contributed by atoms with Gasteiger partial charge in [0.1, 0.15) is 5.41 Å². The van der Waals surface area contributed by atoms with Crippen molar-refractivity contribution in [1.82, 2.24) is 4.90 Å². The Hall–Kier alpha value is -2.24. The lowest BCUT2D eigenvalue weighted by Crippen LogP contribution is -2.55. The van der Waals surface area contributed by atoms with Crippen LogP contribution < -0.4 is 0 Å². The first-order valence-corrected chi connectivity index (χ1v) is 6.99. The molecule has 1 aromatic rings. The Morgan fingerprint density at radius 1 is 1.29 bits per heavy atom. The number of hydrogen-bond acceptors (Lipinski definition) is 4. The van der Waals surface area contributed by atoms with Gasteiger partial charge >= 0.3 is 0 Å². The first kappa shape index (κ1) is 15.2. The van der Waals surface area contributed by atoms with E-state index in [4.69, 9.17) is 0 Å². The molecule has 0 spiro atoms. The lowest BCUT2D eigenvalue weighted by Gasteiger charge is -2.37. The van der Waals surface area contributed by atoms with Gasteiger partial charge in [-0.15, -0.1) is 0 Å². The number of nitrogens with zero attached hydrogens (tertiary/aromatic N) is 2. The van der Waals surface area contributed by atoms with Crippen molar-refractivity contribution in [1.29, 1.82) is 0 Å². The van der Waals surface area contributed by atoms with E-state index in [1.807, 2.05) is 6.92 Å². The van der Waals surface area contributed by atoms with Crippen molar-refractivity contribution in [2.45, 2.75) is 32.1 Å². The SMILES string of the molecule is CCCCN1C(=O)c2ccccc2C(C)(C[N+](=O)[O-])C1=O. The highest BCUT2D eigenvalue weighted by Gasteiger charge is 2.50. The van der Waals surface area contributed by atoms with Crippen LogP contribution in [-0.2, 0) is 10.2 Å². The second-order valence-electron chi connectivity index (χ2n) is 5.48. The Morgan fingerprint density at radius 2 is 1.95 bits per heavy atom. The van der Waals surface area contributed by atoms with Gasteiger partial charge in [0.05, 0.1) is 0 Å². The van der Waals surface area contributed by atoms with Gasteiger partial charge in [0.15, 0.2) is 0 Å². The number of imide groups is 1. The van der Waals surface area contributed by atoms with Gasteiger partial charge in [-0.3, -0.25) is 24.6 Å². The third-order valence-electron chi connectivity index (χ3n) is 3.89.